The van der Waals surface area contributed by atoms with E-state index in [2.05, 4.69) is 54.6 Å². The number of hydrogen-bond donors (Lipinski definition) is 2. The molecule has 185 valence electrons. The van der Waals surface area contributed by atoms with Gasteiger partial charge in [-0.25, -0.2) is 37.3 Å². The van der Waals surface area contributed by atoms with Crippen molar-refractivity contribution in [1.29, 1.82) is 0 Å². The Morgan fingerprint density at radius 3 is 1.45 bits per heavy atom. The predicted octanol–water partition coefficient (Wildman–Crippen LogP) is -7.41. The summed E-state index contributed by atoms with van der Waals surface area (Å²) in [5, 5.41) is 7.14. The smallest absolute Gasteiger partial charge is 0.309 e. The van der Waals surface area contributed by atoms with Crippen molar-refractivity contribution in [2.75, 3.05) is 33.2 Å². The summed E-state index contributed by atoms with van der Waals surface area (Å²) in [6, 6.07) is 6.98. The summed E-state index contributed by atoms with van der Waals surface area (Å²) in [6.45, 7) is 8.79. The number of nitrogens with one attached hydrogen (secondary N) is 2. The average Bonchev–Trinajstić information content (AvgIpc) is 2.58. The fourth-order valence-corrected chi connectivity index (χ4v) is 2.61. The number of pyridine rings is 1. The molecular formula is C16H28Cl2CuN4O8. The maximum absolute atomic E-state index is 8.49. The molecule has 12 nitrogen and oxygen atoms in total. The second kappa shape index (κ2) is 16.4. The first-order valence-corrected chi connectivity index (χ1v) is 11.5. The van der Waals surface area contributed by atoms with E-state index in [1.165, 1.54) is 12.8 Å². The Hall–Kier alpha value is -0.191. The van der Waals surface area contributed by atoms with Crippen LogP contribution in [0.1, 0.15) is 50.2 Å². The molecule has 1 aliphatic heterocycles. The van der Waals surface area contributed by atoms with E-state index >= 15 is 0 Å². The van der Waals surface area contributed by atoms with E-state index in [1.807, 2.05) is 0 Å². The maximum atomic E-state index is 8.49. The minimum atomic E-state index is -4.94. The van der Waals surface area contributed by atoms with Crippen molar-refractivity contribution in [2.45, 2.75) is 38.8 Å². The Morgan fingerprint density at radius 1 is 0.806 bits per heavy atom. The quantitative estimate of drug-likeness (QED) is 0.294. The second-order valence-electron chi connectivity index (χ2n) is 6.61. The molecule has 0 saturated carbocycles. The van der Waals surface area contributed by atoms with E-state index in [0.717, 1.165) is 37.6 Å². The van der Waals surface area contributed by atoms with Crippen molar-refractivity contribution in [3.05, 3.63) is 29.6 Å². The molecule has 0 aromatic carbocycles. The number of halogens is 2. The van der Waals surface area contributed by atoms with E-state index in [0.29, 0.717) is 12.1 Å². The van der Waals surface area contributed by atoms with Gasteiger partial charge in [0.15, 0.2) is 0 Å². The average molecular weight is 539 g/mol. The van der Waals surface area contributed by atoms with Crippen LogP contribution in [0.3, 0.4) is 0 Å². The molecule has 31 heavy (non-hydrogen) atoms. The molecule has 0 saturated heterocycles. The molecule has 2 N–H and O–H groups in total. The van der Waals surface area contributed by atoms with Crippen molar-refractivity contribution in [3.63, 3.8) is 0 Å². The number of aromatic nitrogens is 1. The van der Waals surface area contributed by atoms with Crippen LogP contribution in [0.5, 0.6) is 0 Å². The van der Waals surface area contributed by atoms with Gasteiger partial charge < -0.3 is 15.5 Å². The van der Waals surface area contributed by atoms with Crippen LogP contribution in [0.2, 0.25) is 0 Å². The molecule has 1 radical (unpaired) electrons. The van der Waals surface area contributed by atoms with Crippen LogP contribution in [0.4, 0.5) is 0 Å². The van der Waals surface area contributed by atoms with Gasteiger partial charge in [0.2, 0.25) is 0 Å². The molecule has 1 aromatic rings. The minimum absolute atomic E-state index is 0. The summed E-state index contributed by atoms with van der Waals surface area (Å²) in [7, 11) is -7.68. The van der Waals surface area contributed by atoms with Crippen molar-refractivity contribution in [1.82, 2.24) is 20.5 Å². The van der Waals surface area contributed by atoms with Crippen LogP contribution in [0.25, 0.3) is 0 Å². The van der Waals surface area contributed by atoms with Gasteiger partial charge >= 0.3 is 17.1 Å². The molecule has 2 rings (SSSR count). The van der Waals surface area contributed by atoms with Crippen molar-refractivity contribution >= 4 is 0 Å². The van der Waals surface area contributed by atoms with Gasteiger partial charge in [0.25, 0.3) is 0 Å². The molecule has 0 fully saturated rings. The molecule has 15 heteroatoms. The molecule has 2 atom stereocenters. The standard InChI is InChI=1S/C16H28N4.2ClHO4.Cu/c1-13-15-7-4-8-16(19-15)14(2)18-10-6-12-20(3)11-5-9-17-13;2*2-1(3,4)5;/h4,7-8,13-14,17-18H,5-6,9-12H2,1-3H3;2*(H,2,3,4,5);/q;;;+2/p-2/t13-,14+;;;. The number of rotatable bonds is 0. The van der Waals surface area contributed by atoms with Gasteiger partial charge in [0, 0.05) is 12.1 Å². The van der Waals surface area contributed by atoms with Crippen LogP contribution in [0, 0.1) is 20.5 Å². The number of nitrogens with zero attached hydrogens (tertiary/aromatic N) is 2. The Morgan fingerprint density at radius 2 is 1.13 bits per heavy atom. The zero-order valence-corrected chi connectivity index (χ0v) is 19.8. The molecule has 0 spiro atoms. The molecule has 2 heterocycles. The van der Waals surface area contributed by atoms with E-state index in [-0.39, 0.29) is 17.1 Å². The second-order valence-corrected chi connectivity index (χ2v) is 8.12. The van der Waals surface area contributed by atoms with Crippen molar-refractivity contribution in [2.24, 2.45) is 0 Å². The first-order chi connectivity index (χ1) is 13.7. The fraction of sp³-hybridized carbons (Fsp3) is 0.688. The van der Waals surface area contributed by atoms with E-state index < -0.39 is 20.5 Å². The van der Waals surface area contributed by atoms with Crippen LogP contribution >= 0.6 is 0 Å². The Bertz CT molecular complexity index is 538. The minimum Gasteiger partial charge on any atom is -0.309 e. The van der Waals surface area contributed by atoms with Crippen LogP contribution in [-0.2, 0) is 17.1 Å². The van der Waals surface area contributed by atoms with E-state index in [1.54, 1.807) is 0 Å². The van der Waals surface area contributed by atoms with E-state index in [9.17, 15) is 0 Å². The zero-order valence-electron chi connectivity index (χ0n) is 17.3. The molecule has 1 aromatic heterocycles. The molecular weight excluding hydrogens is 511 g/mol. The third-order valence-electron chi connectivity index (χ3n) is 4.01. The Balaban J connectivity index is 0. The van der Waals surface area contributed by atoms with Gasteiger partial charge in [0.1, 0.15) is 0 Å². The molecule has 0 aliphatic carbocycles. The van der Waals surface area contributed by atoms with Gasteiger partial charge in [-0.3, -0.25) is 4.98 Å². The SMILES string of the molecule is C[C@@H]1NCCCN(C)CCCN[C@H](C)c2cccc1n2.[Cu+2].[O-][Cl+3]([O-])([O-])[O-].[O-][Cl+3]([O-])([O-])[O-]. The van der Waals surface area contributed by atoms with Gasteiger partial charge in [-0.15, -0.1) is 20.5 Å². The Kier molecular flexibility index (Phi) is 17.5. The van der Waals surface area contributed by atoms with E-state index in [4.69, 9.17) is 42.3 Å². The summed E-state index contributed by atoms with van der Waals surface area (Å²) in [5.41, 5.74) is 2.28. The van der Waals surface area contributed by atoms with Crippen molar-refractivity contribution in [3.8, 4) is 0 Å². The monoisotopic (exact) mass is 537 g/mol. The van der Waals surface area contributed by atoms with Crippen LogP contribution in [0.15, 0.2) is 18.2 Å². The third kappa shape index (κ3) is 22.8. The predicted molar refractivity (Wildman–Crippen MR) is 83.8 cm³/mol. The number of hydrogen-bond acceptors (Lipinski definition) is 12. The molecule has 1 aliphatic rings. The molecule has 0 unspecified atom stereocenters. The zero-order chi connectivity index (χ0) is 23.4. The van der Waals surface area contributed by atoms with Crippen LogP contribution in [-0.4, -0.2) is 43.1 Å². The maximum Gasteiger partial charge on any atom is 2.00 e. The van der Waals surface area contributed by atoms with Gasteiger partial charge in [-0.05, 0) is 72.0 Å². The molecule has 2 bridgehead atoms. The van der Waals surface area contributed by atoms with Gasteiger partial charge in [-0.1, -0.05) is 6.07 Å². The fourth-order valence-electron chi connectivity index (χ4n) is 2.61. The number of fused-ring (bicyclic) bond motifs is 2. The first-order valence-electron chi connectivity index (χ1n) is 9.02. The van der Waals surface area contributed by atoms with Crippen LogP contribution < -0.4 is 47.9 Å². The summed E-state index contributed by atoms with van der Waals surface area (Å²) >= 11 is 0. The first kappa shape index (κ1) is 33.0. The summed E-state index contributed by atoms with van der Waals surface area (Å²) in [6.07, 6.45) is 2.37. The third-order valence-corrected chi connectivity index (χ3v) is 4.01. The summed E-state index contributed by atoms with van der Waals surface area (Å²) in [5.74, 6) is 0. The summed E-state index contributed by atoms with van der Waals surface area (Å²) < 4.78 is 67.9. The molecule has 0 amide bonds. The van der Waals surface area contributed by atoms with Crippen molar-refractivity contribution < 1.29 is 74.8 Å². The largest absolute Gasteiger partial charge is 2.00 e. The topological polar surface area (TPSA) is 225 Å². The van der Waals surface area contributed by atoms with Gasteiger partial charge in [-0.2, -0.15) is 0 Å². The van der Waals surface area contributed by atoms with Gasteiger partial charge in [0.05, 0.1) is 11.4 Å². The normalized spacial score (nSPS) is 21.3. The summed E-state index contributed by atoms with van der Waals surface area (Å²) in [4.78, 5) is 7.22. The Labute approximate surface area is 196 Å².